The molecule has 5 nitrogen and oxygen atoms in total. The molecule has 0 saturated carbocycles. The number of aromatic nitrogens is 2. The first-order chi connectivity index (χ1) is 6.11. The summed E-state index contributed by atoms with van der Waals surface area (Å²) in [5, 5.41) is 6.43. The quantitative estimate of drug-likeness (QED) is 0.507. The minimum Gasteiger partial charge on any atom is -0.381 e. The van der Waals surface area contributed by atoms with Crippen molar-refractivity contribution in [1.29, 1.82) is 0 Å². The molecule has 0 aliphatic rings. The minimum absolute atomic E-state index is 0.0318. The van der Waals surface area contributed by atoms with Crippen LogP contribution in [0.1, 0.15) is 17.7 Å². The van der Waals surface area contributed by atoms with E-state index in [0.717, 1.165) is 5.69 Å². The van der Waals surface area contributed by atoms with Gasteiger partial charge < -0.3 is 11.5 Å². The van der Waals surface area contributed by atoms with Crippen LogP contribution in [0.15, 0.2) is 0 Å². The Labute approximate surface area is 75.5 Å². The number of primary amides is 1. The third-order valence-electron chi connectivity index (χ3n) is 1.45. The SMILES string of the molecule is Cc1[nH]nc(N)c1C#CCC(N)=O. The summed E-state index contributed by atoms with van der Waals surface area (Å²) in [5.41, 5.74) is 11.8. The lowest BCUT2D eigenvalue weighted by molar-refractivity contribution is -0.117. The zero-order chi connectivity index (χ0) is 9.84. The number of hydrogen-bond acceptors (Lipinski definition) is 3. The van der Waals surface area contributed by atoms with E-state index in [1.54, 1.807) is 6.92 Å². The van der Waals surface area contributed by atoms with Crippen LogP contribution in [0.5, 0.6) is 0 Å². The Hall–Kier alpha value is -1.96. The number of carbonyl (C=O) groups excluding carboxylic acids is 1. The Morgan fingerprint density at radius 3 is 2.85 bits per heavy atom. The number of carbonyl (C=O) groups is 1. The second-order valence-electron chi connectivity index (χ2n) is 2.55. The lowest BCUT2D eigenvalue weighted by Crippen LogP contribution is -2.08. The number of nitrogens with one attached hydrogen (secondary N) is 1. The Morgan fingerprint density at radius 2 is 2.38 bits per heavy atom. The Bertz CT molecular complexity index is 363. The van der Waals surface area contributed by atoms with Crippen LogP contribution in [-0.4, -0.2) is 16.1 Å². The third-order valence-corrected chi connectivity index (χ3v) is 1.45. The van der Waals surface area contributed by atoms with Crippen molar-refractivity contribution in [2.24, 2.45) is 5.73 Å². The van der Waals surface area contributed by atoms with E-state index in [4.69, 9.17) is 11.5 Å². The van der Waals surface area contributed by atoms with Gasteiger partial charge in [0.15, 0.2) is 5.82 Å². The highest BCUT2D eigenvalue weighted by atomic mass is 16.1. The van der Waals surface area contributed by atoms with E-state index in [2.05, 4.69) is 22.0 Å². The molecule has 0 aromatic carbocycles. The van der Waals surface area contributed by atoms with Gasteiger partial charge >= 0.3 is 0 Å². The number of amides is 1. The summed E-state index contributed by atoms with van der Waals surface area (Å²) in [4.78, 5) is 10.4. The maximum absolute atomic E-state index is 10.4. The van der Waals surface area contributed by atoms with Gasteiger partial charge in [-0.3, -0.25) is 9.89 Å². The molecule has 68 valence electrons. The first kappa shape index (κ1) is 9.13. The summed E-state index contributed by atoms with van der Waals surface area (Å²) in [5.74, 6) is 5.22. The summed E-state index contributed by atoms with van der Waals surface area (Å²) >= 11 is 0. The van der Waals surface area contributed by atoms with Gasteiger partial charge in [-0.15, -0.1) is 0 Å². The molecule has 1 aromatic heterocycles. The van der Waals surface area contributed by atoms with E-state index < -0.39 is 5.91 Å². The number of hydrogen-bond donors (Lipinski definition) is 3. The van der Waals surface area contributed by atoms with Gasteiger partial charge in [-0.2, -0.15) is 5.10 Å². The fraction of sp³-hybridized carbons (Fsp3) is 0.250. The Balaban J connectivity index is 2.82. The number of nitrogen functional groups attached to an aromatic ring is 1. The van der Waals surface area contributed by atoms with E-state index >= 15 is 0 Å². The zero-order valence-electron chi connectivity index (χ0n) is 7.22. The van der Waals surface area contributed by atoms with Crippen LogP contribution in [0.25, 0.3) is 0 Å². The summed E-state index contributed by atoms with van der Waals surface area (Å²) in [6, 6.07) is 0. The molecule has 0 aliphatic carbocycles. The van der Waals surface area contributed by atoms with Gasteiger partial charge in [-0.05, 0) is 6.92 Å². The molecule has 0 unspecified atom stereocenters. The molecule has 13 heavy (non-hydrogen) atoms. The summed E-state index contributed by atoms with van der Waals surface area (Å²) in [6.07, 6.45) is 0.0318. The minimum atomic E-state index is -0.452. The molecule has 0 spiro atoms. The fourth-order valence-corrected chi connectivity index (χ4v) is 0.825. The molecule has 5 heteroatoms. The molecule has 5 N–H and O–H groups in total. The lowest BCUT2D eigenvalue weighted by Gasteiger charge is -1.86. The van der Waals surface area contributed by atoms with Crippen LogP contribution in [0.4, 0.5) is 5.82 Å². The van der Waals surface area contributed by atoms with Gasteiger partial charge in [-0.25, -0.2) is 0 Å². The smallest absolute Gasteiger partial charge is 0.229 e. The van der Waals surface area contributed by atoms with Crippen molar-refractivity contribution in [3.8, 4) is 11.8 Å². The van der Waals surface area contributed by atoms with Crippen molar-refractivity contribution in [1.82, 2.24) is 10.2 Å². The normalized spacial score (nSPS) is 9.00. The fourth-order valence-electron chi connectivity index (χ4n) is 0.825. The largest absolute Gasteiger partial charge is 0.381 e. The second-order valence-corrected chi connectivity index (χ2v) is 2.55. The summed E-state index contributed by atoms with van der Waals surface area (Å²) in [6.45, 7) is 1.80. The predicted octanol–water partition coefficient (Wildman–Crippen LogP) is -0.473. The highest BCUT2D eigenvalue weighted by molar-refractivity contribution is 5.76. The van der Waals surface area contributed by atoms with Crippen molar-refractivity contribution in [3.63, 3.8) is 0 Å². The van der Waals surface area contributed by atoms with Crippen molar-refractivity contribution in [2.75, 3.05) is 5.73 Å². The standard InChI is InChI=1S/C8H10N4O/c1-5-6(8(10)12-11-5)3-2-4-7(9)13/h4H2,1H3,(H2,9,13)(H3,10,11,12). The average molecular weight is 178 g/mol. The summed E-state index contributed by atoms with van der Waals surface area (Å²) < 4.78 is 0. The molecule has 0 radical (unpaired) electrons. The number of rotatable bonds is 1. The van der Waals surface area contributed by atoms with Gasteiger partial charge in [0, 0.05) is 5.69 Å². The third kappa shape index (κ3) is 2.24. The van der Waals surface area contributed by atoms with Crippen LogP contribution < -0.4 is 11.5 Å². The second kappa shape index (κ2) is 3.63. The monoisotopic (exact) mass is 178 g/mol. The number of aromatic amines is 1. The molecular weight excluding hydrogens is 168 g/mol. The van der Waals surface area contributed by atoms with E-state index in [0.29, 0.717) is 11.4 Å². The van der Waals surface area contributed by atoms with E-state index in [-0.39, 0.29) is 6.42 Å². The zero-order valence-corrected chi connectivity index (χ0v) is 7.22. The van der Waals surface area contributed by atoms with Crippen molar-refractivity contribution in [2.45, 2.75) is 13.3 Å². The van der Waals surface area contributed by atoms with Gasteiger partial charge in [0.05, 0.1) is 12.0 Å². The summed E-state index contributed by atoms with van der Waals surface area (Å²) in [7, 11) is 0. The first-order valence-electron chi connectivity index (χ1n) is 3.69. The van der Waals surface area contributed by atoms with Crippen molar-refractivity contribution in [3.05, 3.63) is 11.3 Å². The van der Waals surface area contributed by atoms with Gasteiger partial charge in [-0.1, -0.05) is 11.8 Å². The topological polar surface area (TPSA) is 97.8 Å². The molecule has 0 bridgehead atoms. The molecular formula is C8H10N4O. The predicted molar refractivity (Wildman–Crippen MR) is 48.4 cm³/mol. The average Bonchev–Trinajstić information content (AvgIpc) is 2.34. The number of nitrogens with zero attached hydrogens (tertiary/aromatic N) is 1. The van der Waals surface area contributed by atoms with Gasteiger partial charge in [0.2, 0.25) is 5.91 Å². The highest BCUT2D eigenvalue weighted by Crippen LogP contribution is 2.09. The molecule has 1 rings (SSSR count). The molecule has 1 heterocycles. The molecule has 0 aliphatic heterocycles. The Kier molecular flexibility index (Phi) is 2.55. The van der Waals surface area contributed by atoms with Crippen LogP contribution >= 0.6 is 0 Å². The van der Waals surface area contributed by atoms with Crippen LogP contribution in [-0.2, 0) is 4.79 Å². The van der Waals surface area contributed by atoms with E-state index in [9.17, 15) is 4.79 Å². The molecule has 0 saturated heterocycles. The number of H-pyrrole nitrogens is 1. The van der Waals surface area contributed by atoms with Crippen LogP contribution in [0.3, 0.4) is 0 Å². The molecule has 0 atom stereocenters. The maximum atomic E-state index is 10.4. The maximum Gasteiger partial charge on any atom is 0.229 e. The van der Waals surface area contributed by atoms with Crippen molar-refractivity contribution < 1.29 is 4.79 Å². The van der Waals surface area contributed by atoms with Gasteiger partial charge in [0.1, 0.15) is 0 Å². The van der Waals surface area contributed by atoms with Crippen molar-refractivity contribution >= 4 is 11.7 Å². The van der Waals surface area contributed by atoms with E-state index in [1.165, 1.54) is 0 Å². The molecule has 1 amide bonds. The van der Waals surface area contributed by atoms with Crippen LogP contribution in [0.2, 0.25) is 0 Å². The molecule has 0 fully saturated rings. The van der Waals surface area contributed by atoms with Crippen LogP contribution in [0, 0.1) is 18.8 Å². The molecule has 1 aromatic rings. The number of anilines is 1. The Morgan fingerprint density at radius 1 is 1.69 bits per heavy atom. The number of nitrogens with two attached hydrogens (primary N) is 2. The first-order valence-corrected chi connectivity index (χ1v) is 3.69. The number of aryl methyl sites for hydroxylation is 1. The lowest BCUT2D eigenvalue weighted by atomic mass is 10.2. The highest BCUT2D eigenvalue weighted by Gasteiger charge is 2.02. The van der Waals surface area contributed by atoms with E-state index in [1.807, 2.05) is 0 Å². The van der Waals surface area contributed by atoms with Gasteiger partial charge in [0.25, 0.3) is 0 Å².